The van der Waals surface area contributed by atoms with Crippen LogP contribution in [0.25, 0.3) is 6.08 Å². The van der Waals surface area contributed by atoms with E-state index in [2.05, 4.69) is 11.9 Å². The van der Waals surface area contributed by atoms with Crippen LogP contribution in [0.1, 0.15) is 16.7 Å². The predicted octanol–water partition coefficient (Wildman–Crippen LogP) is 4.34. The quantitative estimate of drug-likeness (QED) is 0.574. The Kier molecular flexibility index (Phi) is 6.08. The Balaban J connectivity index is 1.64. The molecule has 1 heterocycles. The van der Waals surface area contributed by atoms with Gasteiger partial charge in [0.1, 0.15) is 24.7 Å². The molecule has 2 aromatic carbocycles. The van der Waals surface area contributed by atoms with Gasteiger partial charge < -0.3 is 15.2 Å². The maximum absolute atomic E-state index is 11.8. The molecule has 0 spiro atoms. The highest BCUT2D eigenvalue weighted by atomic mass is 35.5. The third-order valence-corrected chi connectivity index (χ3v) is 5.03. The van der Waals surface area contributed by atoms with Crippen LogP contribution in [0.2, 0.25) is 5.02 Å². The molecule has 2 aromatic rings. The number of nitrogens with zero attached hydrogens (tertiary/aromatic N) is 1. The number of aliphatic imine (C=N–C) groups is 1. The highest BCUT2D eigenvalue weighted by Gasteiger charge is 2.20. The number of aryl methyl sites for hydroxylation is 2. The van der Waals surface area contributed by atoms with Gasteiger partial charge in [0.15, 0.2) is 5.17 Å². The Hall–Kier alpha value is -2.44. The molecule has 0 fully saturated rings. The number of ether oxygens (including phenoxy) is 2. The zero-order valence-corrected chi connectivity index (χ0v) is 16.6. The number of nitrogens with two attached hydrogens (primary N) is 1. The van der Waals surface area contributed by atoms with Gasteiger partial charge in [-0.25, -0.2) is 0 Å². The molecular weight excluding hydrogens is 384 g/mol. The third kappa shape index (κ3) is 5.05. The number of amides is 1. The molecule has 0 saturated heterocycles. The largest absolute Gasteiger partial charge is 0.490 e. The molecule has 3 rings (SSSR count). The molecule has 0 aliphatic carbocycles. The van der Waals surface area contributed by atoms with E-state index in [0.717, 1.165) is 17.5 Å². The molecule has 0 unspecified atom stereocenters. The normalized spacial score (nSPS) is 15.1. The summed E-state index contributed by atoms with van der Waals surface area (Å²) in [5, 5.41) is 0.780. The average Bonchev–Trinajstić information content (AvgIpc) is 2.93. The molecule has 0 radical (unpaired) electrons. The van der Waals surface area contributed by atoms with Crippen LogP contribution in [0.15, 0.2) is 46.3 Å². The Morgan fingerprint density at radius 3 is 2.59 bits per heavy atom. The van der Waals surface area contributed by atoms with Crippen LogP contribution in [-0.2, 0) is 4.79 Å². The summed E-state index contributed by atoms with van der Waals surface area (Å²) >= 11 is 7.21. The van der Waals surface area contributed by atoms with Gasteiger partial charge in [0.2, 0.25) is 0 Å². The standard InChI is InChI=1S/C20H19ClN2O3S/c1-12-3-5-16(9-13(12)2)25-7-8-26-17-6-4-15(21)10-14(17)11-18-19(24)23-20(22)27-18/h3-6,9-11H,7-8H2,1-2H3,(H2,22,23,24)/b18-11+. The lowest BCUT2D eigenvalue weighted by Gasteiger charge is -2.12. The molecule has 27 heavy (non-hydrogen) atoms. The fourth-order valence-corrected chi connectivity index (χ4v) is 3.30. The van der Waals surface area contributed by atoms with Gasteiger partial charge in [-0.2, -0.15) is 4.99 Å². The van der Waals surface area contributed by atoms with Gasteiger partial charge in [-0.1, -0.05) is 17.7 Å². The summed E-state index contributed by atoms with van der Waals surface area (Å²) in [5.41, 5.74) is 8.68. The van der Waals surface area contributed by atoms with Crippen molar-refractivity contribution in [3.63, 3.8) is 0 Å². The summed E-state index contributed by atoms with van der Waals surface area (Å²) in [6.07, 6.45) is 1.68. The van der Waals surface area contributed by atoms with E-state index in [1.165, 1.54) is 11.1 Å². The van der Waals surface area contributed by atoms with E-state index in [4.69, 9.17) is 26.8 Å². The van der Waals surface area contributed by atoms with Crippen molar-refractivity contribution in [1.29, 1.82) is 0 Å². The van der Waals surface area contributed by atoms with Crippen LogP contribution < -0.4 is 15.2 Å². The summed E-state index contributed by atoms with van der Waals surface area (Å²) in [4.78, 5) is 15.9. The zero-order chi connectivity index (χ0) is 19.4. The van der Waals surface area contributed by atoms with Gasteiger partial charge >= 0.3 is 0 Å². The van der Waals surface area contributed by atoms with Crippen molar-refractivity contribution in [2.45, 2.75) is 13.8 Å². The SMILES string of the molecule is Cc1ccc(OCCOc2ccc(Cl)cc2/C=C2/SC(N)=NC2=O)cc1C. The summed E-state index contributed by atoms with van der Waals surface area (Å²) < 4.78 is 11.6. The van der Waals surface area contributed by atoms with E-state index in [0.29, 0.717) is 34.5 Å². The fourth-order valence-electron chi connectivity index (χ4n) is 2.45. The Morgan fingerprint density at radius 1 is 1.11 bits per heavy atom. The van der Waals surface area contributed by atoms with Crippen LogP contribution in [0.3, 0.4) is 0 Å². The lowest BCUT2D eigenvalue weighted by atomic mass is 10.1. The summed E-state index contributed by atoms with van der Waals surface area (Å²) in [6.45, 7) is 4.85. The number of amidine groups is 1. The number of carbonyl (C=O) groups is 1. The second-order valence-electron chi connectivity index (χ2n) is 5.99. The Bertz CT molecular complexity index is 941. The minimum Gasteiger partial charge on any atom is -0.490 e. The summed E-state index contributed by atoms with van der Waals surface area (Å²) in [5.74, 6) is 1.05. The number of carbonyl (C=O) groups excluding carboxylic acids is 1. The molecule has 0 saturated carbocycles. The van der Waals surface area contributed by atoms with Crippen molar-refractivity contribution >= 4 is 40.5 Å². The molecule has 140 valence electrons. The minimum absolute atomic E-state index is 0.234. The molecule has 1 aliphatic heterocycles. The van der Waals surface area contributed by atoms with Crippen LogP contribution in [0, 0.1) is 13.8 Å². The van der Waals surface area contributed by atoms with E-state index in [-0.39, 0.29) is 11.1 Å². The van der Waals surface area contributed by atoms with Gasteiger partial charge in [-0.05, 0) is 73.1 Å². The highest BCUT2D eigenvalue weighted by Crippen LogP contribution is 2.31. The van der Waals surface area contributed by atoms with Crippen molar-refractivity contribution in [2.75, 3.05) is 13.2 Å². The van der Waals surface area contributed by atoms with Gasteiger partial charge in [0.05, 0.1) is 4.91 Å². The number of thioether (sulfide) groups is 1. The smallest absolute Gasteiger partial charge is 0.286 e. The maximum atomic E-state index is 11.8. The second kappa shape index (κ2) is 8.50. The Morgan fingerprint density at radius 2 is 1.89 bits per heavy atom. The van der Waals surface area contributed by atoms with Crippen LogP contribution in [-0.4, -0.2) is 24.3 Å². The lowest BCUT2D eigenvalue weighted by molar-refractivity contribution is -0.113. The first-order chi connectivity index (χ1) is 12.9. The van der Waals surface area contributed by atoms with E-state index in [1.54, 1.807) is 24.3 Å². The predicted molar refractivity (Wildman–Crippen MR) is 111 cm³/mol. The first-order valence-corrected chi connectivity index (χ1v) is 9.52. The summed E-state index contributed by atoms with van der Waals surface area (Å²) in [7, 11) is 0. The molecule has 2 N–H and O–H groups in total. The molecule has 0 aromatic heterocycles. The van der Waals surface area contributed by atoms with Gasteiger partial charge in [0.25, 0.3) is 5.91 Å². The number of rotatable bonds is 6. The van der Waals surface area contributed by atoms with Crippen molar-refractivity contribution < 1.29 is 14.3 Å². The van der Waals surface area contributed by atoms with Gasteiger partial charge in [-0.15, -0.1) is 0 Å². The van der Waals surface area contributed by atoms with E-state index >= 15 is 0 Å². The molecular formula is C20H19ClN2O3S. The third-order valence-electron chi connectivity index (χ3n) is 3.98. The number of hydrogen-bond donors (Lipinski definition) is 1. The van der Waals surface area contributed by atoms with Crippen molar-refractivity contribution in [3.05, 3.63) is 63.0 Å². The van der Waals surface area contributed by atoms with Crippen LogP contribution in [0.5, 0.6) is 11.5 Å². The molecule has 0 bridgehead atoms. The zero-order valence-electron chi connectivity index (χ0n) is 15.0. The van der Waals surface area contributed by atoms with E-state index < -0.39 is 0 Å². The first-order valence-electron chi connectivity index (χ1n) is 8.33. The number of halogens is 1. The molecule has 1 aliphatic rings. The molecule has 0 atom stereocenters. The van der Waals surface area contributed by atoms with E-state index in [1.807, 2.05) is 25.1 Å². The molecule has 5 nitrogen and oxygen atoms in total. The topological polar surface area (TPSA) is 73.9 Å². The van der Waals surface area contributed by atoms with E-state index in [9.17, 15) is 4.79 Å². The first kappa shape index (κ1) is 19.3. The van der Waals surface area contributed by atoms with Gasteiger partial charge in [-0.3, -0.25) is 4.79 Å². The van der Waals surface area contributed by atoms with Crippen molar-refractivity contribution in [2.24, 2.45) is 10.7 Å². The van der Waals surface area contributed by atoms with Crippen LogP contribution in [0.4, 0.5) is 0 Å². The fraction of sp³-hybridized carbons (Fsp3) is 0.200. The second-order valence-corrected chi connectivity index (χ2v) is 7.49. The van der Waals surface area contributed by atoms with Crippen LogP contribution >= 0.6 is 23.4 Å². The monoisotopic (exact) mass is 402 g/mol. The Labute approximate surface area is 167 Å². The number of hydrogen-bond acceptors (Lipinski definition) is 5. The molecule has 1 amide bonds. The number of benzene rings is 2. The lowest BCUT2D eigenvalue weighted by Crippen LogP contribution is -2.09. The molecule has 7 heteroatoms. The average molecular weight is 403 g/mol. The maximum Gasteiger partial charge on any atom is 0.286 e. The van der Waals surface area contributed by atoms with Gasteiger partial charge in [0, 0.05) is 10.6 Å². The van der Waals surface area contributed by atoms with Crippen molar-refractivity contribution in [1.82, 2.24) is 0 Å². The minimum atomic E-state index is -0.360. The summed E-state index contributed by atoms with van der Waals surface area (Å²) in [6, 6.07) is 11.2. The van der Waals surface area contributed by atoms with Crippen molar-refractivity contribution in [3.8, 4) is 11.5 Å². The highest BCUT2D eigenvalue weighted by molar-refractivity contribution is 8.18.